The van der Waals surface area contributed by atoms with Gasteiger partial charge in [-0.1, -0.05) is 18.5 Å². The Morgan fingerprint density at radius 2 is 2.05 bits per heavy atom. The maximum atomic E-state index is 11.9. The SMILES string of the molecule is CCCNCc1nn(-c2ccc(Cl)cc2)c(=O)cc1O. The predicted octanol–water partition coefficient (Wildman–Crippen LogP) is 2.09. The minimum Gasteiger partial charge on any atom is -0.506 e. The molecule has 106 valence electrons. The van der Waals surface area contributed by atoms with Gasteiger partial charge in [0.25, 0.3) is 5.56 Å². The first-order valence-electron chi connectivity index (χ1n) is 6.40. The molecule has 0 spiro atoms. The minimum absolute atomic E-state index is 0.0937. The number of nitrogens with one attached hydrogen (secondary N) is 1. The van der Waals surface area contributed by atoms with Crippen LogP contribution in [0, 0.1) is 0 Å². The maximum Gasteiger partial charge on any atom is 0.275 e. The predicted molar refractivity (Wildman–Crippen MR) is 78.5 cm³/mol. The second-order valence-corrected chi connectivity index (χ2v) is 4.82. The van der Waals surface area contributed by atoms with Crippen molar-refractivity contribution in [3.63, 3.8) is 0 Å². The van der Waals surface area contributed by atoms with Gasteiger partial charge in [-0.2, -0.15) is 9.78 Å². The Kier molecular flexibility index (Phi) is 4.76. The summed E-state index contributed by atoms with van der Waals surface area (Å²) < 4.78 is 1.25. The molecule has 2 N–H and O–H groups in total. The molecule has 5 nitrogen and oxygen atoms in total. The van der Waals surface area contributed by atoms with Gasteiger partial charge in [-0.25, -0.2) is 0 Å². The second-order valence-electron chi connectivity index (χ2n) is 4.38. The van der Waals surface area contributed by atoms with Crippen LogP contribution >= 0.6 is 11.6 Å². The van der Waals surface area contributed by atoms with E-state index in [0.29, 0.717) is 22.9 Å². The van der Waals surface area contributed by atoms with Crippen molar-refractivity contribution in [2.24, 2.45) is 0 Å². The Morgan fingerprint density at radius 3 is 2.70 bits per heavy atom. The topological polar surface area (TPSA) is 67.2 Å². The molecule has 2 rings (SSSR count). The van der Waals surface area contributed by atoms with Crippen molar-refractivity contribution in [1.29, 1.82) is 0 Å². The van der Waals surface area contributed by atoms with E-state index < -0.39 is 0 Å². The molecule has 0 radical (unpaired) electrons. The van der Waals surface area contributed by atoms with Gasteiger partial charge >= 0.3 is 0 Å². The van der Waals surface area contributed by atoms with Crippen molar-refractivity contribution < 1.29 is 5.11 Å². The molecule has 1 aromatic heterocycles. The molecule has 1 heterocycles. The summed E-state index contributed by atoms with van der Waals surface area (Å²) in [7, 11) is 0. The molecule has 0 unspecified atom stereocenters. The Bertz CT molecular complexity index is 638. The van der Waals surface area contributed by atoms with E-state index in [-0.39, 0.29) is 11.3 Å². The van der Waals surface area contributed by atoms with Gasteiger partial charge in [-0.3, -0.25) is 4.79 Å². The standard InChI is InChI=1S/C14H16ClN3O2/c1-2-7-16-9-12-13(19)8-14(20)18(17-12)11-5-3-10(15)4-6-11/h3-6,8,16,19H,2,7,9H2,1H3. The van der Waals surface area contributed by atoms with Gasteiger partial charge in [0.15, 0.2) is 0 Å². The van der Waals surface area contributed by atoms with Gasteiger partial charge in [-0.15, -0.1) is 0 Å². The largest absolute Gasteiger partial charge is 0.506 e. The third-order valence-electron chi connectivity index (χ3n) is 2.78. The third-order valence-corrected chi connectivity index (χ3v) is 3.03. The highest BCUT2D eigenvalue weighted by atomic mass is 35.5. The van der Waals surface area contributed by atoms with E-state index in [1.54, 1.807) is 24.3 Å². The molecule has 0 saturated heterocycles. The number of rotatable bonds is 5. The van der Waals surface area contributed by atoms with Crippen LogP contribution in [-0.4, -0.2) is 21.4 Å². The van der Waals surface area contributed by atoms with Crippen LogP contribution in [0.25, 0.3) is 5.69 Å². The fourth-order valence-electron chi connectivity index (χ4n) is 1.76. The third kappa shape index (κ3) is 3.37. The number of benzene rings is 1. The zero-order chi connectivity index (χ0) is 14.5. The van der Waals surface area contributed by atoms with Crippen LogP contribution < -0.4 is 10.9 Å². The smallest absolute Gasteiger partial charge is 0.275 e. The first kappa shape index (κ1) is 14.6. The minimum atomic E-state index is -0.385. The van der Waals surface area contributed by atoms with Gasteiger partial charge in [0.05, 0.1) is 5.69 Å². The Labute approximate surface area is 121 Å². The molecule has 0 aliphatic heterocycles. The van der Waals surface area contributed by atoms with Crippen molar-refractivity contribution in [2.45, 2.75) is 19.9 Å². The molecule has 0 aliphatic carbocycles. The number of nitrogens with zero attached hydrogens (tertiary/aromatic N) is 2. The lowest BCUT2D eigenvalue weighted by atomic mass is 10.3. The Morgan fingerprint density at radius 1 is 1.35 bits per heavy atom. The van der Waals surface area contributed by atoms with Gasteiger partial charge in [0, 0.05) is 17.6 Å². The van der Waals surface area contributed by atoms with Crippen molar-refractivity contribution in [2.75, 3.05) is 6.54 Å². The normalized spacial score (nSPS) is 10.7. The van der Waals surface area contributed by atoms with Crippen molar-refractivity contribution >= 4 is 11.6 Å². The summed E-state index contributed by atoms with van der Waals surface area (Å²) in [5.74, 6) is -0.0937. The second kappa shape index (κ2) is 6.54. The lowest BCUT2D eigenvalue weighted by Crippen LogP contribution is -2.24. The van der Waals surface area contributed by atoms with E-state index in [2.05, 4.69) is 17.3 Å². The zero-order valence-electron chi connectivity index (χ0n) is 11.1. The highest BCUT2D eigenvalue weighted by Gasteiger charge is 2.09. The van der Waals surface area contributed by atoms with Crippen LogP contribution in [0.3, 0.4) is 0 Å². The van der Waals surface area contributed by atoms with Crippen LogP contribution in [0.5, 0.6) is 5.75 Å². The van der Waals surface area contributed by atoms with Crippen LogP contribution in [0.15, 0.2) is 35.1 Å². The number of halogens is 1. The molecule has 20 heavy (non-hydrogen) atoms. The number of hydrogen-bond donors (Lipinski definition) is 2. The van der Waals surface area contributed by atoms with E-state index in [1.807, 2.05) is 0 Å². The van der Waals surface area contributed by atoms with Gasteiger partial charge < -0.3 is 10.4 Å². The average molecular weight is 294 g/mol. The molecular formula is C14H16ClN3O2. The zero-order valence-corrected chi connectivity index (χ0v) is 11.9. The highest BCUT2D eigenvalue weighted by molar-refractivity contribution is 6.30. The fourth-order valence-corrected chi connectivity index (χ4v) is 1.89. The average Bonchev–Trinajstić information content (AvgIpc) is 2.43. The first-order chi connectivity index (χ1) is 9.61. The van der Waals surface area contributed by atoms with E-state index in [4.69, 9.17) is 11.6 Å². The Balaban J connectivity index is 2.35. The van der Waals surface area contributed by atoms with Crippen LogP contribution in [0.4, 0.5) is 0 Å². The Hall–Kier alpha value is -1.85. The van der Waals surface area contributed by atoms with Crippen LogP contribution in [0.2, 0.25) is 5.02 Å². The lowest BCUT2D eigenvalue weighted by Gasteiger charge is -2.09. The summed E-state index contributed by atoms with van der Waals surface area (Å²) in [6.07, 6.45) is 0.984. The van der Waals surface area contributed by atoms with E-state index in [1.165, 1.54) is 10.7 Å². The molecule has 2 aromatic rings. The van der Waals surface area contributed by atoms with Gasteiger partial charge in [0.2, 0.25) is 0 Å². The molecule has 0 saturated carbocycles. The monoisotopic (exact) mass is 293 g/mol. The van der Waals surface area contributed by atoms with Crippen LogP contribution in [-0.2, 0) is 6.54 Å². The van der Waals surface area contributed by atoms with Gasteiger partial charge in [-0.05, 0) is 37.2 Å². The summed E-state index contributed by atoms with van der Waals surface area (Å²) in [5, 5.41) is 17.7. The molecule has 0 aliphatic rings. The number of aromatic hydroxyl groups is 1. The highest BCUT2D eigenvalue weighted by Crippen LogP contribution is 2.14. The number of hydrogen-bond acceptors (Lipinski definition) is 4. The molecule has 0 amide bonds. The maximum absolute atomic E-state index is 11.9. The molecular weight excluding hydrogens is 278 g/mol. The van der Waals surface area contributed by atoms with Crippen molar-refractivity contribution in [3.8, 4) is 11.4 Å². The van der Waals surface area contributed by atoms with Crippen molar-refractivity contribution in [3.05, 3.63) is 51.4 Å². The van der Waals surface area contributed by atoms with E-state index in [0.717, 1.165) is 13.0 Å². The van der Waals surface area contributed by atoms with Crippen molar-refractivity contribution in [1.82, 2.24) is 15.1 Å². The lowest BCUT2D eigenvalue weighted by molar-refractivity contribution is 0.451. The fraction of sp³-hybridized carbons (Fsp3) is 0.286. The number of aromatic nitrogens is 2. The molecule has 6 heteroatoms. The molecule has 1 aromatic carbocycles. The first-order valence-corrected chi connectivity index (χ1v) is 6.78. The summed E-state index contributed by atoms with van der Waals surface area (Å²) in [4.78, 5) is 11.9. The molecule has 0 atom stereocenters. The van der Waals surface area contributed by atoms with Gasteiger partial charge in [0.1, 0.15) is 11.4 Å². The molecule has 0 fully saturated rings. The summed E-state index contributed by atoms with van der Waals surface area (Å²) in [6.45, 7) is 3.28. The van der Waals surface area contributed by atoms with Crippen LogP contribution in [0.1, 0.15) is 19.0 Å². The van der Waals surface area contributed by atoms with E-state index >= 15 is 0 Å². The quantitative estimate of drug-likeness (QED) is 0.829. The summed E-state index contributed by atoms with van der Waals surface area (Å²) >= 11 is 5.82. The summed E-state index contributed by atoms with van der Waals surface area (Å²) in [6, 6.07) is 7.96. The van der Waals surface area contributed by atoms with E-state index in [9.17, 15) is 9.90 Å². The molecule has 0 bridgehead atoms. The summed E-state index contributed by atoms with van der Waals surface area (Å²) in [5.41, 5.74) is 0.660.